The van der Waals surface area contributed by atoms with Crippen molar-refractivity contribution in [1.82, 2.24) is 0 Å². The number of carbonyl (C=O) groups is 2. The quantitative estimate of drug-likeness (QED) is 0.589. The lowest BCUT2D eigenvalue weighted by atomic mass is 10.0. The molecule has 0 fully saturated rings. The molecule has 0 atom stereocenters. The summed E-state index contributed by atoms with van der Waals surface area (Å²) in [7, 11) is 0. The first kappa shape index (κ1) is 16.2. The Hall–Kier alpha value is -2.66. The summed E-state index contributed by atoms with van der Waals surface area (Å²) in [6.07, 6.45) is 1.87. The third-order valence-corrected chi connectivity index (χ3v) is 4.00. The number of hydrogen-bond donors (Lipinski definition) is 0. The number of halogens is 1. The Morgan fingerprint density at radius 3 is 2.00 bits per heavy atom. The van der Waals surface area contributed by atoms with Gasteiger partial charge in [-0.15, -0.1) is 0 Å². The Bertz CT molecular complexity index is 770. The maximum absolute atomic E-state index is 12.3. The van der Waals surface area contributed by atoms with Crippen LogP contribution < -0.4 is 0 Å². The van der Waals surface area contributed by atoms with Gasteiger partial charge >= 0.3 is 11.9 Å². The molecule has 2 aromatic carbocycles. The van der Waals surface area contributed by atoms with Crippen LogP contribution in [0.2, 0.25) is 0 Å². The fraction of sp³-hybridized carbons (Fsp3) is 0.0526. The van der Waals surface area contributed by atoms with Crippen molar-refractivity contribution in [3.63, 3.8) is 0 Å². The van der Waals surface area contributed by atoms with E-state index in [2.05, 4.69) is 15.9 Å². The van der Waals surface area contributed by atoms with Gasteiger partial charge in [-0.05, 0) is 27.1 Å². The summed E-state index contributed by atoms with van der Waals surface area (Å²) in [6, 6.07) is 18.9. The van der Waals surface area contributed by atoms with E-state index in [-0.39, 0.29) is 5.76 Å². The van der Waals surface area contributed by atoms with Crippen LogP contribution in [0.5, 0.6) is 0 Å². The van der Waals surface area contributed by atoms with E-state index >= 15 is 0 Å². The highest BCUT2D eigenvalue weighted by Crippen LogP contribution is 2.28. The minimum absolute atomic E-state index is 0.143. The lowest BCUT2D eigenvalue weighted by Gasteiger charge is -2.18. The third kappa shape index (κ3) is 3.81. The van der Waals surface area contributed by atoms with Crippen LogP contribution in [0.25, 0.3) is 0 Å². The Morgan fingerprint density at radius 2 is 1.54 bits per heavy atom. The number of hydrogen-bond acceptors (Lipinski definition) is 4. The smallest absolute Gasteiger partial charge is 0.337 e. The van der Waals surface area contributed by atoms with Crippen LogP contribution in [-0.2, 0) is 19.1 Å². The summed E-state index contributed by atoms with van der Waals surface area (Å²) in [5.74, 6) is -0.976. The summed E-state index contributed by atoms with van der Waals surface area (Å²) in [5, 5.41) is 0. The summed E-state index contributed by atoms with van der Waals surface area (Å²) >= 11 is 3.17. The molecule has 0 amide bonds. The molecule has 1 aliphatic heterocycles. The molecule has 4 nitrogen and oxygen atoms in total. The zero-order valence-corrected chi connectivity index (χ0v) is 14.1. The summed E-state index contributed by atoms with van der Waals surface area (Å²) in [5.41, 5.74) is 1.71. The molecule has 0 saturated carbocycles. The predicted octanol–water partition coefficient (Wildman–Crippen LogP) is 4.04. The molecule has 0 saturated heterocycles. The fourth-order valence-corrected chi connectivity index (χ4v) is 2.68. The number of benzene rings is 2. The zero-order chi connectivity index (χ0) is 16.9. The van der Waals surface area contributed by atoms with Crippen molar-refractivity contribution in [1.29, 1.82) is 0 Å². The molecule has 0 bridgehead atoms. The standard InChI is InChI=1S/C19H13BrO4/c20-15-11-17(21)23-16(15)12-18(22)24-19(13-7-3-1-4-8-13)14-9-5-2-6-10-14/h1-12,19H. The van der Waals surface area contributed by atoms with Crippen LogP contribution in [-0.4, -0.2) is 11.9 Å². The molecule has 0 radical (unpaired) electrons. The number of allylic oxidation sites excluding steroid dienone is 1. The van der Waals surface area contributed by atoms with Gasteiger partial charge in [0, 0.05) is 6.08 Å². The molecule has 2 aromatic rings. The van der Waals surface area contributed by atoms with Crippen LogP contribution in [0.15, 0.2) is 83.1 Å². The lowest BCUT2D eigenvalue weighted by Crippen LogP contribution is -2.11. The van der Waals surface area contributed by atoms with Gasteiger partial charge < -0.3 is 9.47 Å². The van der Waals surface area contributed by atoms with Gasteiger partial charge in [-0.3, -0.25) is 0 Å². The first-order valence-corrected chi connectivity index (χ1v) is 8.04. The average molecular weight is 385 g/mol. The first-order chi connectivity index (χ1) is 11.6. The van der Waals surface area contributed by atoms with E-state index in [0.29, 0.717) is 4.48 Å². The normalized spacial score (nSPS) is 15.3. The number of esters is 2. The van der Waals surface area contributed by atoms with E-state index in [1.807, 2.05) is 60.7 Å². The Morgan fingerprint density at radius 1 is 1.00 bits per heavy atom. The summed E-state index contributed by atoms with van der Waals surface area (Å²) in [6.45, 7) is 0. The van der Waals surface area contributed by atoms with Crippen LogP contribution in [0, 0.1) is 0 Å². The highest BCUT2D eigenvalue weighted by molar-refractivity contribution is 9.12. The van der Waals surface area contributed by atoms with Gasteiger partial charge in [0.15, 0.2) is 11.9 Å². The molecule has 1 aliphatic rings. The van der Waals surface area contributed by atoms with Gasteiger partial charge in [0.1, 0.15) is 0 Å². The van der Waals surface area contributed by atoms with Crippen molar-refractivity contribution in [2.24, 2.45) is 0 Å². The molecule has 1 heterocycles. The Balaban J connectivity index is 1.85. The molecule has 0 unspecified atom stereocenters. The van der Waals surface area contributed by atoms with Crippen molar-refractivity contribution < 1.29 is 19.1 Å². The highest BCUT2D eigenvalue weighted by atomic mass is 79.9. The molecule has 5 heteroatoms. The molecule has 0 spiro atoms. The van der Waals surface area contributed by atoms with E-state index < -0.39 is 18.0 Å². The SMILES string of the molecule is O=C1C=C(Br)C(=CC(=O)OC(c2ccccc2)c2ccccc2)O1. The summed E-state index contributed by atoms with van der Waals surface area (Å²) in [4.78, 5) is 23.5. The van der Waals surface area contributed by atoms with Crippen molar-refractivity contribution in [3.8, 4) is 0 Å². The van der Waals surface area contributed by atoms with Crippen molar-refractivity contribution in [2.45, 2.75) is 6.10 Å². The van der Waals surface area contributed by atoms with Crippen molar-refractivity contribution in [2.75, 3.05) is 0 Å². The Labute approximate surface area is 147 Å². The number of carbonyl (C=O) groups excluding carboxylic acids is 2. The number of rotatable bonds is 4. The fourth-order valence-electron chi connectivity index (χ4n) is 2.30. The topological polar surface area (TPSA) is 52.6 Å². The van der Waals surface area contributed by atoms with E-state index in [1.54, 1.807) is 0 Å². The van der Waals surface area contributed by atoms with Crippen LogP contribution in [0.1, 0.15) is 17.2 Å². The van der Waals surface area contributed by atoms with E-state index in [1.165, 1.54) is 6.08 Å². The second-order valence-electron chi connectivity index (χ2n) is 5.06. The van der Waals surface area contributed by atoms with Gasteiger partial charge in [0.2, 0.25) is 0 Å². The van der Waals surface area contributed by atoms with Crippen molar-refractivity contribution >= 4 is 27.9 Å². The van der Waals surface area contributed by atoms with Gasteiger partial charge in [-0.1, -0.05) is 60.7 Å². The molecular formula is C19H13BrO4. The second kappa shape index (κ2) is 7.27. The number of ether oxygens (including phenoxy) is 2. The van der Waals surface area contributed by atoms with Crippen LogP contribution >= 0.6 is 15.9 Å². The molecular weight excluding hydrogens is 372 g/mol. The minimum Gasteiger partial charge on any atom is -0.449 e. The first-order valence-electron chi connectivity index (χ1n) is 7.25. The Kier molecular flexibility index (Phi) is 4.91. The van der Waals surface area contributed by atoms with Gasteiger partial charge in [0.05, 0.1) is 10.6 Å². The highest BCUT2D eigenvalue weighted by Gasteiger charge is 2.22. The van der Waals surface area contributed by atoms with Crippen LogP contribution in [0.3, 0.4) is 0 Å². The van der Waals surface area contributed by atoms with Gasteiger partial charge in [-0.2, -0.15) is 0 Å². The van der Waals surface area contributed by atoms with Gasteiger partial charge in [0.25, 0.3) is 0 Å². The number of cyclic esters (lactones) is 1. The molecule has 3 rings (SSSR count). The average Bonchev–Trinajstić information content (AvgIpc) is 2.91. The van der Waals surface area contributed by atoms with E-state index in [4.69, 9.17) is 9.47 Å². The molecule has 0 aromatic heterocycles. The maximum atomic E-state index is 12.3. The maximum Gasteiger partial charge on any atom is 0.337 e. The van der Waals surface area contributed by atoms with E-state index in [9.17, 15) is 9.59 Å². The minimum atomic E-state index is -0.595. The predicted molar refractivity (Wildman–Crippen MR) is 92.0 cm³/mol. The monoisotopic (exact) mass is 384 g/mol. The third-order valence-electron chi connectivity index (χ3n) is 3.38. The molecule has 24 heavy (non-hydrogen) atoms. The summed E-state index contributed by atoms with van der Waals surface area (Å²) < 4.78 is 10.9. The zero-order valence-electron chi connectivity index (χ0n) is 12.5. The molecule has 0 aliphatic carbocycles. The van der Waals surface area contributed by atoms with Gasteiger partial charge in [-0.25, -0.2) is 9.59 Å². The second-order valence-corrected chi connectivity index (χ2v) is 5.91. The van der Waals surface area contributed by atoms with Crippen LogP contribution in [0.4, 0.5) is 0 Å². The molecule has 120 valence electrons. The van der Waals surface area contributed by atoms with E-state index in [0.717, 1.165) is 17.2 Å². The largest absolute Gasteiger partial charge is 0.449 e. The molecule has 0 N–H and O–H groups in total. The van der Waals surface area contributed by atoms with Crippen molar-refractivity contribution in [3.05, 3.63) is 94.2 Å². The lowest BCUT2D eigenvalue weighted by molar-refractivity contribution is -0.141.